The predicted octanol–water partition coefficient (Wildman–Crippen LogP) is 12.7. The fourth-order valence-electron chi connectivity index (χ4n) is 5.26. The van der Waals surface area contributed by atoms with Crippen molar-refractivity contribution in [1.29, 1.82) is 0 Å². The van der Waals surface area contributed by atoms with E-state index in [4.69, 9.17) is 9.47 Å². The van der Waals surface area contributed by atoms with Gasteiger partial charge in [-0.05, 0) is 85.4 Å². The lowest BCUT2D eigenvalue weighted by Gasteiger charge is -2.06. The van der Waals surface area contributed by atoms with Crippen LogP contribution >= 0.6 is 0 Å². The summed E-state index contributed by atoms with van der Waals surface area (Å²) < 4.78 is 10.6. The Balaban J connectivity index is 0. The number of ether oxygens (including phenoxy) is 2. The largest absolute Gasteiger partial charge is 0.466 e. The van der Waals surface area contributed by atoms with Crippen LogP contribution in [-0.2, 0) is 19.1 Å². The molecule has 0 bridgehead atoms. The topological polar surface area (TPSA) is 55.8 Å². The van der Waals surface area contributed by atoms with E-state index >= 15 is 0 Å². The number of allylic oxidation sites excluding steroid dienone is 4. The molecule has 0 aliphatic carbocycles. The van der Waals surface area contributed by atoms with Crippen molar-refractivity contribution in [3.63, 3.8) is 0 Å². The summed E-state index contributed by atoms with van der Waals surface area (Å²) in [6, 6.07) is 0. The molecule has 0 radical (unpaired) electrons. The van der Waals surface area contributed by atoms with Gasteiger partial charge in [0, 0.05) is 19.3 Å². The quantitative estimate of drug-likeness (QED) is 0.0389. The number of unbranched alkanes of at least 4 members (excludes halogenated alkanes) is 22. The summed E-state index contributed by atoms with van der Waals surface area (Å²) in [4.78, 5) is 25.8. The van der Waals surface area contributed by atoms with E-state index in [1.165, 1.54) is 141 Å². The molecule has 0 aromatic rings. The average molecular weight is 664 g/mol. The maximum absolute atomic E-state index is 11.9. The van der Waals surface area contributed by atoms with Gasteiger partial charge in [0.2, 0.25) is 0 Å². The summed E-state index contributed by atoms with van der Waals surface area (Å²) in [5.41, 5.74) is 0. The first-order valence-corrected chi connectivity index (χ1v) is 20.2. The van der Waals surface area contributed by atoms with Gasteiger partial charge in [-0.2, -0.15) is 0 Å². The molecule has 0 spiro atoms. The molecule has 0 fully saturated rings. The Labute approximate surface area is 294 Å². The normalized spacial score (nSPS) is 11.4. The van der Waals surface area contributed by atoms with Gasteiger partial charge in [-0.1, -0.05) is 141 Å². The molecule has 47 heavy (non-hydrogen) atoms. The van der Waals surface area contributed by atoms with Crippen LogP contribution < -0.4 is 0 Å². The molecule has 0 saturated carbocycles. The zero-order valence-corrected chi connectivity index (χ0v) is 32.3. The zero-order valence-electron chi connectivity index (χ0n) is 32.3. The van der Waals surface area contributed by atoms with Crippen molar-refractivity contribution < 1.29 is 19.1 Å². The standard InChI is InChI=1S/C39H72O4.C3H9N/c1-3-5-7-9-11-13-15-17-19-21-23-25-27-29-31-34-38(40)42-36-33-37-43-39(41)35-32-30-28-26-24-22-20-18-16-14-12-10-8-6-4-2;1-4(2)3/h17-20H,3-16,21-37H2,1-2H3;1-3H3/b19-17-,20-18-;. The fraction of sp³-hybridized carbons (Fsp3) is 0.857. The zero-order chi connectivity index (χ0) is 34.9. The van der Waals surface area contributed by atoms with E-state index in [9.17, 15) is 9.59 Å². The SMILES string of the molecule is CCCCCCCC/C=C\CCCCCCCC(=O)OCCCOC(=O)CCCCCCC/C=C\CCCCCCCC.CN(C)C. The third-order valence-corrected chi connectivity index (χ3v) is 8.10. The van der Waals surface area contributed by atoms with Gasteiger partial charge in [0.15, 0.2) is 0 Å². The highest BCUT2D eigenvalue weighted by molar-refractivity contribution is 5.69. The molecule has 0 amide bonds. The minimum absolute atomic E-state index is 0.128. The maximum atomic E-state index is 11.9. The third-order valence-electron chi connectivity index (χ3n) is 8.10. The summed E-state index contributed by atoms with van der Waals surface area (Å²) in [6.07, 6.45) is 43.5. The molecular weight excluding hydrogens is 582 g/mol. The van der Waals surface area contributed by atoms with Crippen LogP contribution in [0, 0.1) is 0 Å². The lowest BCUT2D eigenvalue weighted by Crippen LogP contribution is -2.10. The number of hydrogen-bond donors (Lipinski definition) is 0. The van der Waals surface area contributed by atoms with Crippen LogP contribution in [0.5, 0.6) is 0 Å². The summed E-state index contributed by atoms with van der Waals surface area (Å²) in [5, 5.41) is 0. The Kier molecular flexibility index (Phi) is 42.9. The van der Waals surface area contributed by atoms with Gasteiger partial charge in [0.1, 0.15) is 0 Å². The van der Waals surface area contributed by atoms with E-state index in [2.05, 4.69) is 38.2 Å². The number of hydrogen-bond acceptors (Lipinski definition) is 5. The summed E-state index contributed by atoms with van der Waals surface area (Å²) in [7, 11) is 6.00. The van der Waals surface area contributed by atoms with Crippen molar-refractivity contribution >= 4 is 11.9 Å². The van der Waals surface area contributed by atoms with Crippen LogP contribution in [0.4, 0.5) is 0 Å². The molecule has 0 heterocycles. The second-order valence-corrected chi connectivity index (χ2v) is 13.8. The van der Waals surface area contributed by atoms with Gasteiger partial charge in [0.25, 0.3) is 0 Å². The Hall–Kier alpha value is -1.62. The molecule has 0 aromatic carbocycles. The molecule has 0 unspecified atom stereocenters. The van der Waals surface area contributed by atoms with Crippen molar-refractivity contribution in [3.8, 4) is 0 Å². The van der Waals surface area contributed by atoms with Crippen LogP contribution in [0.15, 0.2) is 24.3 Å². The Morgan fingerprint density at radius 3 is 0.957 bits per heavy atom. The smallest absolute Gasteiger partial charge is 0.305 e. The van der Waals surface area contributed by atoms with Crippen LogP contribution in [0.3, 0.4) is 0 Å². The van der Waals surface area contributed by atoms with Gasteiger partial charge < -0.3 is 14.4 Å². The second kappa shape index (κ2) is 42.4. The molecule has 278 valence electrons. The lowest BCUT2D eigenvalue weighted by molar-refractivity contribution is -0.146. The van der Waals surface area contributed by atoms with E-state index in [0.29, 0.717) is 32.5 Å². The minimum atomic E-state index is -0.128. The molecule has 0 aliphatic rings. The monoisotopic (exact) mass is 664 g/mol. The van der Waals surface area contributed by atoms with Crippen molar-refractivity contribution in [2.45, 2.75) is 200 Å². The Bertz CT molecular complexity index is 631. The van der Waals surface area contributed by atoms with Gasteiger partial charge in [0.05, 0.1) is 13.2 Å². The van der Waals surface area contributed by atoms with Crippen molar-refractivity contribution in [2.24, 2.45) is 0 Å². The number of carbonyl (C=O) groups excluding carboxylic acids is 2. The molecule has 0 saturated heterocycles. The maximum Gasteiger partial charge on any atom is 0.305 e. The van der Waals surface area contributed by atoms with Crippen molar-refractivity contribution in [3.05, 3.63) is 24.3 Å². The Morgan fingerprint density at radius 2 is 0.660 bits per heavy atom. The number of carbonyl (C=O) groups is 2. The molecule has 0 aromatic heterocycles. The highest BCUT2D eigenvalue weighted by Crippen LogP contribution is 2.12. The highest BCUT2D eigenvalue weighted by atomic mass is 16.5. The Morgan fingerprint density at radius 1 is 0.404 bits per heavy atom. The highest BCUT2D eigenvalue weighted by Gasteiger charge is 2.05. The second-order valence-electron chi connectivity index (χ2n) is 13.8. The van der Waals surface area contributed by atoms with Crippen LogP contribution in [0.2, 0.25) is 0 Å². The summed E-state index contributed by atoms with van der Waals surface area (Å²) in [6.45, 7) is 5.21. The lowest BCUT2D eigenvalue weighted by atomic mass is 10.1. The van der Waals surface area contributed by atoms with E-state index in [1.807, 2.05) is 26.0 Å². The van der Waals surface area contributed by atoms with Gasteiger partial charge >= 0.3 is 11.9 Å². The molecule has 0 rings (SSSR count). The molecule has 0 atom stereocenters. The van der Waals surface area contributed by atoms with E-state index < -0.39 is 0 Å². The van der Waals surface area contributed by atoms with Crippen molar-refractivity contribution in [1.82, 2.24) is 4.90 Å². The minimum Gasteiger partial charge on any atom is -0.466 e. The first-order valence-electron chi connectivity index (χ1n) is 20.2. The van der Waals surface area contributed by atoms with Crippen molar-refractivity contribution in [2.75, 3.05) is 34.4 Å². The molecular formula is C42H81NO4. The first-order chi connectivity index (χ1) is 22.9. The van der Waals surface area contributed by atoms with Gasteiger partial charge in [-0.25, -0.2) is 0 Å². The molecule has 0 aliphatic heterocycles. The molecule has 5 nitrogen and oxygen atoms in total. The number of nitrogens with zero attached hydrogens (tertiary/aromatic N) is 1. The van der Waals surface area contributed by atoms with Crippen LogP contribution in [-0.4, -0.2) is 51.2 Å². The number of esters is 2. The third kappa shape index (κ3) is 48.9. The molecule has 5 heteroatoms. The predicted molar refractivity (Wildman–Crippen MR) is 205 cm³/mol. The summed E-state index contributed by atoms with van der Waals surface area (Å²) in [5.74, 6) is -0.255. The van der Waals surface area contributed by atoms with Crippen LogP contribution in [0.25, 0.3) is 0 Å². The fourth-order valence-corrected chi connectivity index (χ4v) is 5.26. The summed E-state index contributed by atoms with van der Waals surface area (Å²) >= 11 is 0. The van der Waals surface area contributed by atoms with Crippen LogP contribution in [0.1, 0.15) is 200 Å². The van der Waals surface area contributed by atoms with E-state index in [-0.39, 0.29) is 11.9 Å². The molecule has 0 N–H and O–H groups in total. The van der Waals surface area contributed by atoms with E-state index in [0.717, 1.165) is 25.7 Å². The first kappa shape index (κ1) is 47.5. The number of rotatable bonds is 34. The average Bonchev–Trinajstić information content (AvgIpc) is 3.04. The van der Waals surface area contributed by atoms with E-state index in [1.54, 1.807) is 0 Å². The van der Waals surface area contributed by atoms with Gasteiger partial charge in [-0.3, -0.25) is 9.59 Å². The van der Waals surface area contributed by atoms with Gasteiger partial charge in [-0.15, -0.1) is 0 Å².